The number of methoxy groups -OCH3 is 1. The Morgan fingerprint density at radius 2 is 1.17 bits per heavy atom. The summed E-state index contributed by atoms with van der Waals surface area (Å²) in [5.41, 5.74) is 6.81. The zero-order valence-corrected chi connectivity index (χ0v) is 51.0. The number of amides is 1. The highest BCUT2D eigenvalue weighted by Gasteiger charge is 2.63. The first kappa shape index (κ1) is 72.8. The summed E-state index contributed by atoms with van der Waals surface area (Å²) in [6.45, 7) is 14.0. The fourth-order valence-corrected chi connectivity index (χ4v) is 9.97. The van der Waals surface area contributed by atoms with E-state index < -0.39 is 222 Å². The van der Waals surface area contributed by atoms with Gasteiger partial charge in [-0.1, -0.05) is 19.6 Å². The van der Waals surface area contributed by atoms with Crippen molar-refractivity contribution in [3.8, 4) is 0 Å². The molecule has 4 aliphatic rings. The number of carbonyl (C=O) groups excluding carboxylic acids is 10. The SMILES string of the molecule is COC(=O)[C@@]1(OO[C@H]2[C@@H](OC(C)=O)[C@@H](COC(C)=O)O[C@@H](OO[C@H]3[C@H](O[C@@H]4O[C@@H](C)[C@@H](O)[C@@H](O)[C@@H]4O)[C@@H](N)[C@H](OCC[Si](C)(C)C)O[C@@H]3COC(C)=O)[C@@H]2OC(C)=O)C[C@H](OC(C)=O)[C@@H](NC(C)=O)[C@H]([C@H](OC(C)=O)[C@@H](COC(C)=O)OC(C)=O)O1. The zero-order valence-electron chi connectivity index (χ0n) is 50.0. The lowest BCUT2D eigenvalue weighted by molar-refractivity contribution is -0.500. The van der Waals surface area contributed by atoms with Crippen molar-refractivity contribution in [2.24, 2.45) is 5.73 Å². The van der Waals surface area contributed by atoms with Gasteiger partial charge in [-0.3, -0.25) is 43.2 Å². The summed E-state index contributed by atoms with van der Waals surface area (Å²) < 4.78 is 85.7. The molecule has 0 aromatic carbocycles. The van der Waals surface area contributed by atoms with Crippen molar-refractivity contribution < 1.29 is 154 Å². The van der Waals surface area contributed by atoms with E-state index in [1.165, 1.54) is 6.92 Å². The Morgan fingerprint density at radius 1 is 0.616 bits per heavy atom. The smallest absolute Gasteiger partial charge is 0.369 e. The number of carbonyl (C=O) groups is 10. The van der Waals surface area contributed by atoms with Crippen LogP contribution in [0.15, 0.2) is 0 Å². The summed E-state index contributed by atoms with van der Waals surface area (Å²) >= 11 is 0. The van der Waals surface area contributed by atoms with E-state index in [1.807, 2.05) is 0 Å². The normalized spacial score (nSPS) is 33.5. The van der Waals surface area contributed by atoms with Crippen molar-refractivity contribution in [1.29, 1.82) is 0 Å². The third kappa shape index (κ3) is 21.0. The number of hydrogen-bond acceptors (Lipinski definition) is 33. The van der Waals surface area contributed by atoms with Crippen LogP contribution in [0.25, 0.3) is 0 Å². The Bertz CT molecular complexity index is 2360. The monoisotopic (exact) mass is 1260 g/mol. The molecule has 86 heavy (non-hydrogen) atoms. The molecule has 4 saturated heterocycles. The van der Waals surface area contributed by atoms with Gasteiger partial charge in [0.25, 0.3) is 0 Å². The molecule has 0 bridgehead atoms. The van der Waals surface area contributed by atoms with Crippen LogP contribution in [0.4, 0.5) is 0 Å². The molecule has 0 radical (unpaired) electrons. The lowest BCUT2D eigenvalue weighted by Crippen LogP contribution is -2.70. The van der Waals surface area contributed by atoms with Crippen LogP contribution >= 0.6 is 0 Å². The highest BCUT2D eigenvalue weighted by Crippen LogP contribution is 2.40. The molecule has 0 unspecified atom stereocenters. The Morgan fingerprint density at radius 3 is 1.70 bits per heavy atom. The molecule has 0 saturated carbocycles. The van der Waals surface area contributed by atoms with Crippen molar-refractivity contribution in [3.63, 3.8) is 0 Å². The van der Waals surface area contributed by atoms with E-state index in [1.54, 1.807) is 0 Å². The molecule has 21 atom stereocenters. The van der Waals surface area contributed by atoms with Gasteiger partial charge in [-0.2, -0.15) is 9.78 Å². The Labute approximate surface area is 494 Å². The number of nitrogens with two attached hydrogens (primary N) is 1. The first-order valence-corrected chi connectivity index (χ1v) is 30.8. The molecule has 0 aliphatic carbocycles. The molecule has 1 amide bonds. The van der Waals surface area contributed by atoms with Crippen molar-refractivity contribution in [1.82, 2.24) is 5.32 Å². The molecule has 34 nitrogen and oxygen atoms in total. The standard InChI is InChI=1S/C51H80N2O32Si/c1-21-37(63)38(64)39(65)48(72-21)80-43-35(52)47(68-15-16-86(12,13)14)78-34(20-71-25(5)57)42(43)82-84-49-46(77-30(10)62)45(41(76-29(9)61)33(79-49)19-70-24(4)56)83-85-51(50(66)67-11)17-31(73-26(6)58)36(53-22(2)54)44(81-51)40(75-28(8)60)32(74-27(7)59)18-69-23(3)55/h21,31-49,63-65H,15-20,52H2,1-14H3,(H,53,54)/t21-,31-,32+,33+,34+,35+,36+,37+,38+,39-,40+,41-,42+,43+,44+,45-,46+,47+,48-,49-,51-/m0/s1. The molecule has 4 fully saturated rings. The van der Waals surface area contributed by atoms with E-state index >= 15 is 0 Å². The van der Waals surface area contributed by atoms with Crippen LogP contribution in [-0.2, 0) is 139 Å². The highest BCUT2D eigenvalue weighted by atomic mass is 28.3. The topological polar surface area (TPSA) is 445 Å². The van der Waals surface area contributed by atoms with Crippen molar-refractivity contribution in [2.75, 3.05) is 33.5 Å². The third-order valence-corrected chi connectivity index (χ3v) is 14.8. The summed E-state index contributed by atoms with van der Waals surface area (Å²) in [5, 5.41) is 34.9. The second-order valence-electron chi connectivity index (χ2n) is 21.6. The van der Waals surface area contributed by atoms with Crippen molar-refractivity contribution in [2.45, 2.75) is 230 Å². The molecular formula is C51H80N2O32Si. The maximum atomic E-state index is 14.4. The molecular weight excluding hydrogens is 1180 g/mol. The van der Waals surface area contributed by atoms with Gasteiger partial charge in [0.1, 0.15) is 68.7 Å². The van der Waals surface area contributed by atoms with Gasteiger partial charge in [0.15, 0.2) is 49.2 Å². The fourth-order valence-electron chi connectivity index (χ4n) is 9.24. The quantitative estimate of drug-likeness (QED) is 0.0186. The number of rotatable bonds is 27. The summed E-state index contributed by atoms with van der Waals surface area (Å²) in [7, 11) is -0.944. The van der Waals surface area contributed by atoms with E-state index in [-0.39, 0.29) is 6.61 Å². The van der Waals surface area contributed by atoms with Gasteiger partial charge in [0.05, 0.1) is 31.7 Å². The Balaban J connectivity index is 1.95. The van der Waals surface area contributed by atoms with Crippen molar-refractivity contribution >= 4 is 67.7 Å². The summed E-state index contributed by atoms with van der Waals surface area (Å²) in [4.78, 5) is 153. The van der Waals surface area contributed by atoms with Gasteiger partial charge in [-0.05, 0) is 13.0 Å². The summed E-state index contributed by atoms with van der Waals surface area (Å²) in [6, 6.07) is -2.54. The number of aliphatic hydroxyl groups excluding tert-OH is 3. The minimum absolute atomic E-state index is 0.102. The molecule has 35 heteroatoms. The van der Waals surface area contributed by atoms with Gasteiger partial charge >= 0.3 is 59.5 Å². The lowest BCUT2D eigenvalue weighted by atomic mass is 9.88. The van der Waals surface area contributed by atoms with E-state index in [4.69, 9.17) is 96.3 Å². The number of hydrogen-bond donors (Lipinski definition) is 5. The van der Waals surface area contributed by atoms with Crippen LogP contribution < -0.4 is 11.1 Å². The van der Waals surface area contributed by atoms with Crippen LogP contribution in [0.1, 0.15) is 75.7 Å². The fraction of sp³-hybridized carbons (Fsp3) is 0.804. The number of nitrogens with one attached hydrogen (secondary N) is 1. The van der Waals surface area contributed by atoms with E-state index in [9.17, 15) is 63.3 Å². The molecule has 4 aliphatic heterocycles. The van der Waals surface area contributed by atoms with E-state index in [0.717, 1.165) is 69.4 Å². The summed E-state index contributed by atoms with van der Waals surface area (Å²) in [6.07, 6.45) is -33.8. The van der Waals surface area contributed by atoms with Crippen LogP contribution in [0, 0.1) is 0 Å². The van der Waals surface area contributed by atoms with Gasteiger partial charge in [-0.25, -0.2) is 14.6 Å². The molecule has 6 N–H and O–H groups in total. The Hall–Kier alpha value is -5.64. The molecule has 4 rings (SSSR count). The van der Waals surface area contributed by atoms with Gasteiger partial charge in [-0.15, -0.1) is 0 Å². The van der Waals surface area contributed by atoms with Crippen molar-refractivity contribution in [3.05, 3.63) is 0 Å². The first-order valence-electron chi connectivity index (χ1n) is 27.1. The minimum Gasteiger partial charge on any atom is -0.465 e. The lowest BCUT2D eigenvalue weighted by Gasteiger charge is -2.49. The van der Waals surface area contributed by atoms with E-state index in [2.05, 4.69) is 25.0 Å². The molecule has 0 aromatic rings. The predicted molar refractivity (Wildman–Crippen MR) is 278 cm³/mol. The summed E-state index contributed by atoms with van der Waals surface area (Å²) in [5.74, 6) is -13.7. The predicted octanol–water partition coefficient (Wildman–Crippen LogP) is -2.52. The number of ether oxygens (including phenoxy) is 15. The largest absolute Gasteiger partial charge is 0.465 e. The van der Waals surface area contributed by atoms with Crippen LogP contribution in [-0.4, -0.2) is 245 Å². The molecule has 0 spiro atoms. The number of aliphatic hydroxyl groups is 3. The average Bonchev–Trinajstić information content (AvgIpc) is 0.829. The highest BCUT2D eigenvalue weighted by molar-refractivity contribution is 6.76. The van der Waals surface area contributed by atoms with Gasteiger partial charge < -0.3 is 97.4 Å². The molecule has 4 heterocycles. The second kappa shape index (κ2) is 32.5. The average molecular weight is 1260 g/mol. The number of esters is 9. The Kier molecular flexibility index (Phi) is 27.6. The maximum absolute atomic E-state index is 14.4. The third-order valence-electron chi connectivity index (χ3n) is 13.1. The zero-order chi connectivity index (χ0) is 64.7. The second-order valence-corrected chi connectivity index (χ2v) is 27.2. The van der Waals surface area contributed by atoms with Gasteiger partial charge in [0.2, 0.25) is 12.2 Å². The van der Waals surface area contributed by atoms with Crippen LogP contribution in [0.2, 0.25) is 25.7 Å². The maximum Gasteiger partial charge on any atom is 0.369 e. The minimum atomic E-state index is -3.15. The molecule has 0 aromatic heterocycles. The first-order chi connectivity index (χ1) is 40.1. The van der Waals surface area contributed by atoms with Gasteiger partial charge in [0, 0.05) is 77.0 Å². The molecule has 490 valence electrons. The van der Waals surface area contributed by atoms with Crippen LogP contribution in [0.3, 0.4) is 0 Å². The van der Waals surface area contributed by atoms with E-state index in [0.29, 0.717) is 6.04 Å². The van der Waals surface area contributed by atoms with Crippen LogP contribution in [0.5, 0.6) is 0 Å².